The molecule has 25 heavy (non-hydrogen) atoms. The number of nitrogens with one attached hydrogen (secondary N) is 1. The minimum atomic E-state index is -3.66. The number of carbonyl (C=O) groups excluding carboxylic acids is 1. The van der Waals surface area contributed by atoms with Crippen molar-refractivity contribution in [1.82, 2.24) is 0 Å². The van der Waals surface area contributed by atoms with Gasteiger partial charge in [0.2, 0.25) is 0 Å². The molecule has 5 nitrogen and oxygen atoms in total. The van der Waals surface area contributed by atoms with Crippen LogP contribution in [0.25, 0.3) is 0 Å². The van der Waals surface area contributed by atoms with Crippen molar-refractivity contribution >= 4 is 38.6 Å². The lowest BCUT2D eigenvalue weighted by Gasteiger charge is -2.19. The van der Waals surface area contributed by atoms with E-state index in [0.29, 0.717) is 16.3 Å². The van der Waals surface area contributed by atoms with Gasteiger partial charge in [-0.15, -0.1) is 11.3 Å². The van der Waals surface area contributed by atoms with E-state index < -0.39 is 10.0 Å². The number of rotatable bonds is 5. The first-order valence-corrected chi connectivity index (χ1v) is 9.79. The first kappa shape index (κ1) is 17.2. The number of carbonyl (C=O) groups is 1. The third kappa shape index (κ3) is 3.72. The number of benzene rings is 2. The highest BCUT2D eigenvalue weighted by atomic mass is 32.2. The van der Waals surface area contributed by atoms with Crippen LogP contribution in [0.15, 0.2) is 77.0 Å². The maximum absolute atomic E-state index is 12.7. The molecule has 0 spiro atoms. The van der Waals surface area contributed by atoms with E-state index in [-0.39, 0.29) is 10.8 Å². The van der Waals surface area contributed by atoms with Crippen LogP contribution >= 0.6 is 11.3 Å². The Hall–Kier alpha value is -2.64. The van der Waals surface area contributed by atoms with Gasteiger partial charge in [-0.1, -0.05) is 24.3 Å². The average Bonchev–Trinajstić information content (AvgIpc) is 3.17. The zero-order valence-corrected chi connectivity index (χ0v) is 15.0. The Kier molecular flexibility index (Phi) is 4.87. The molecule has 0 atom stereocenters. The van der Waals surface area contributed by atoms with E-state index in [1.807, 2.05) is 11.4 Å². The standard InChI is InChI=1S/C18H16N2O3S2/c1-20(15-6-3-2-4-7-15)25(22,23)16-11-9-14(10-12-16)19-18(21)17-8-5-13-24-17/h2-13H,1H3,(H,19,21). The van der Waals surface area contributed by atoms with Crippen LogP contribution in [0, 0.1) is 0 Å². The largest absolute Gasteiger partial charge is 0.321 e. The molecule has 3 aromatic rings. The second-order valence-electron chi connectivity index (χ2n) is 5.26. The van der Waals surface area contributed by atoms with Gasteiger partial charge in [0, 0.05) is 12.7 Å². The maximum Gasteiger partial charge on any atom is 0.265 e. The number of hydrogen-bond donors (Lipinski definition) is 1. The molecular formula is C18H16N2O3S2. The van der Waals surface area contributed by atoms with Gasteiger partial charge in [0.25, 0.3) is 15.9 Å². The van der Waals surface area contributed by atoms with Crippen LogP contribution in [0.3, 0.4) is 0 Å². The Morgan fingerprint density at radius 2 is 1.64 bits per heavy atom. The predicted octanol–water partition coefficient (Wildman–Crippen LogP) is 3.83. The van der Waals surface area contributed by atoms with Crippen molar-refractivity contribution in [1.29, 1.82) is 0 Å². The summed E-state index contributed by atoms with van der Waals surface area (Å²) in [5.74, 6) is -0.216. The van der Waals surface area contributed by atoms with Gasteiger partial charge in [-0.3, -0.25) is 9.10 Å². The smallest absolute Gasteiger partial charge is 0.265 e. The zero-order chi connectivity index (χ0) is 17.9. The van der Waals surface area contributed by atoms with Crippen LogP contribution in [0.5, 0.6) is 0 Å². The molecule has 1 heterocycles. The van der Waals surface area contributed by atoms with E-state index in [9.17, 15) is 13.2 Å². The Balaban J connectivity index is 1.78. The van der Waals surface area contributed by atoms with Crippen molar-refractivity contribution < 1.29 is 13.2 Å². The Morgan fingerprint density at radius 3 is 2.24 bits per heavy atom. The first-order chi connectivity index (χ1) is 12.0. The summed E-state index contributed by atoms with van der Waals surface area (Å²) >= 11 is 1.34. The molecule has 0 aliphatic rings. The quantitative estimate of drug-likeness (QED) is 0.740. The fourth-order valence-electron chi connectivity index (χ4n) is 2.25. The molecule has 0 saturated carbocycles. The fourth-order valence-corrected chi connectivity index (χ4v) is 4.06. The Bertz CT molecular complexity index is 951. The van der Waals surface area contributed by atoms with Gasteiger partial charge in [0.1, 0.15) is 0 Å². The lowest BCUT2D eigenvalue weighted by atomic mass is 10.3. The van der Waals surface area contributed by atoms with Crippen molar-refractivity contribution in [3.8, 4) is 0 Å². The van der Waals surface area contributed by atoms with Crippen molar-refractivity contribution in [2.24, 2.45) is 0 Å². The molecule has 0 aliphatic carbocycles. The number of thiophene rings is 1. The Labute approximate surface area is 150 Å². The molecule has 0 fully saturated rings. The summed E-state index contributed by atoms with van der Waals surface area (Å²) in [7, 11) is -2.15. The summed E-state index contributed by atoms with van der Waals surface area (Å²) in [6.07, 6.45) is 0. The minimum absolute atomic E-state index is 0.160. The van der Waals surface area contributed by atoms with Gasteiger partial charge in [-0.25, -0.2) is 8.42 Å². The van der Waals surface area contributed by atoms with E-state index in [1.54, 1.807) is 48.5 Å². The van der Waals surface area contributed by atoms with Gasteiger partial charge in [-0.05, 0) is 47.8 Å². The average molecular weight is 372 g/mol. The second-order valence-corrected chi connectivity index (χ2v) is 8.18. The van der Waals surface area contributed by atoms with Crippen molar-refractivity contribution in [3.63, 3.8) is 0 Å². The van der Waals surface area contributed by atoms with Crippen molar-refractivity contribution in [2.75, 3.05) is 16.7 Å². The highest BCUT2D eigenvalue weighted by Gasteiger charge is 2.21. The van der Waals surface area contributed by atoms with E-state index in [1.165, 1.54) is 34.8 Å². The molecular weight excluding hydrogens is 356 g/mol. The van der Waals surface area contributed by atoms with Crippen LogP contribution in [0.1, 0.15) is 9.67 Å². The highest BCUT2D eigenvalue weighted by Crippen LogP contribution is 2.23. The summed E-state index contributed by atoms with van der Waals surface area (Å²) in [4.78, 5) is 12.8. The fraction of sp³-hybridized carbons (Fsp3) is 0.0556. The summed E-state index contributed by atoms with van der Waals surface area (Å²) in [6, 6.07) is 18.5. The molecule has 7 heteroatoms. The summed E-state index contributed by atoms with van der Waals surface area (Å²) < 4.78 is 26.6. The molecule has 0 aliphatic heterocycles. The molecule has 0 saturated heterocycles. The molecule has 2 aromatic carbocycles. The first-order valence-electron chi connectivity index (χ1n) is 7.47. The van der Waals surface area contributed by atoms with Crippen LogP contribution in [0.2, 0.25) is 0 Å². The van der Waals surface area contributed by atoms with E-state index in [2.05, 4.69) is 5.32 Å². The van der Waals surface area contributed by atoms with Crippen LogP contribution in [-0.2, 0) is 10.0 Å². The third-order valence-corrected chi connectivity index (χ3v) is 6.30. The van der Waals surface area contributed by atoms with E-state index >= 15 is 0 Å². The summed E-state index contributed by atoms with van der Waals surface area (Å²) in [6.45, 7) is 0. The van der Waals surface area contributed by atoms with Gasteiger partial charge >= 0.3 is 0 Å². The van der Waals surface area contributed by atoms with Crippen LogP contribution in [0.4, 0.5) is 11.4 Å². The molecule has 128 valence electrons. The highest BCUT2D eigenvalue weighted by molar-refractivity contribution is 7.92. The minimum Gasteiger partial charge on any atom is -0.321 e. The monoisotopic (exact) mass is 372 g/mol. The lowest BCUT2D eigenvalue weighted by molar-refractivity contribution is 0.103. The van der Waals surface area contributed by atoms with Gasteiger partial charge in [0.05, 0.1) is 15.5 Å². The van der Waals surface area contributed by atoms with Crippen molar-refractivity contribution in [3.05, 3.63) is 77.0 Å². The summed E-state index contributed by atoms with van der Waals surface area (Å²) in [5, 5.41) is 4.57. The van der Waals surface area contributed by atoms with E-state index in [0.717, 1.165) is 0 Å². The van der Waals surface area contributed by atoms with Gasteiger partial charge in [-0.2, -0.15) is 0 Å². The molecule has 1 N–H and O–H groups in total. The number of sulfonamides is 1. The zero-order valence-electron chi connectivity index (χ0n) is 13.4. The topological polar surface area (TPSA) is 66.5 Å². The number of amides is 1. The van der Waals surface area contributed by atoms with Crippen LogP contribution in [-0.4, -0.2) is 21.4 Å². The Morgan fingerprint density at radius 1 is 0.960 bits per heavy atom. The number of nitrogens with zero attached hydrogens (tertiary/aromatic N) is 1. The SMILES string of the molecule is CN(c1ccccc1)S(=O)(=O)c1ccc(NC(=O)c2cccs2)cc1. The van der Waals surface area contributed by atoms with Crippen molar-refractivity contribution in [2.45, 2.75) is 4.90 Å². The van der Waals surface area contributed by atoms with Crippen LogP contribution < -0.4 is 9.62 Å². The summed E-state index contributed by atoms with van der Waals surface area (Å²) in [5.41, 5.74) is 1.12. The predicted molar refractivity (Wildman–Crippen MR) is 101 cm³/mol. The molecule has 1 aromatic heterocycles. The third-order valence-electron chi connectivity index (χ3n) is 3.64. The molecule has 0 radical (unpaired) electrons. The second kappa shape index (κ2) is 7.08. The maximum atomic E-state index is 12.7. The normalized spacial score (nSPS) is 11.1. The van der Waals surface area contributed by atoms with E-state index in [4.69, 9.17) is 0 Å². The number of hydrogen-bond acceptors (Lipinski definition) is 4. The van der Waals surface area contributed by atoms with Gasteiger partial charge < -0.3 is 5.32 Å². The number of para-hydroxylation sites is 1. The lowest BCUT2D eigenvalue weighted by Crippen LogP contribution is -2.26. The van der Waals surface area contributed by atoms with Gasteiger partial charge in [0.15, 0.2) is 0 Å². The molecule has 0 unspecified atom stereocenters. The molecule has 3 rings (SSSR count). The molecule has 0 bridgehead atoms. The molecule has 1 amide bonds. The number of anilines is 2.